The Hall–Kier alpha value is -3.49. The van der Waals surface area contributed by atoms with Crippen molar-refractivity contribution in [2.75, 3.05) is 18.7 Å². The van der Waals surface area contributed by atoms with Crippen LogP contribution in [0.3, 0.4) is 0 Å². The highest BCUT2D eigenvalue weighted by atomic mass is 32.1. The molecular weight excluding hydrogens is 442 g/mol. The van der Waals surface area contributed by atoms with Crippen molar-refractivity contribution < 1.29 is 14.3 Å². The van der Waals surface area contributed by atoms with E-state index in [0.717, 1.165) is 32.2 Å². The number of thiazole rings is 1. The number of fused-ring (bicyclic) bond motifs is 1. The van der Waals surface area contributed by atoms with Gasteiger partial charge in [0.2, 0.25) is 5.13 Å². The predicted octanol–water partition coefficient (Wildman–Crippen LogP) is 5.85. The minimum atomic E-state index is -0.286. The molecule has 162 valence electrons. The highest BCUT2D eigenvalue weighted by Crippen LogP contribution is 2.32. The lowest BCUT2D eigenvalue weighted by Gasteiger charge is -2.11. The number of hydrazone groups is 1. The van der Waals surface area contributed by atoms with Crippen LogP contribution < -0.4 is 14.5 Å². The van der Waals surface area contributed by atoms with Crippen molar-refractivity contribution in [2.24, 2.45) is 5.10 Å². The van der Waals surface area contributed by atoms with Gasteiger partial charge in [-0.05, 0) is 72.5 Å². The van der Waals surface area contributed by atoms with Crippen molar-refractivity contribution >= 4 is 56.2 Å². The Kier molecular flexibility index (Phi) is 6.94. The number of carbonyl (C=O) groups excluding carboxylic acids is 1. The zero-order valence-corrected chi connectivity index (χ0v) is 19.2. The number of hydrogen-bond acceptors (Lipinski definition) is 7. The summed E-state index contributed by atoms with van der Waals surface area (Å²) in [5.74, 6) is 1.24. The first kappa shape index (κ1) is 21.7. The molecule has 0 saturated carbocycles. The molecule has 2 aromatic heterocycles. The highest BCUT2D eigenvalue weighted by Gasteiger charge is 2.17. The smallest absolute Gasteiger partial charge is 0.273 e. The Morgan fingerprint density at radius 3 is 2.69 bits per heavy atom. The summed E-state index contributed by atoms with van der Waals surface area (Å²) in [6, 6.07) is 17.0. The second-order valence-electron chi connectivity index (χ2n) is 6.58. The zero-order valence-electron chi connectivity index (χ0n) is 17.6. The van der Waals surface area contributed by atoms with Crippen LogP contribution in [0, 0.1) is 0 Å². The number of methoxy groups -OCH3 is 1. The summed E-state index contributed by atoms with van der Waals surface area (Å²) in [5.41, 5.74) is 1.62. The van der Waals surface area contributed by atoms with Gasteiger partial charge >= 0.3 is 0 Å². The summed E-state index contributed by atoms with van der Waals surface area (Å²) in [6.45, 7) is 2.55. The minimum Gasteiger partial charge on any atom is -0.497 e. The maximum atomic E-state index is 13.1. The van der Waals surface area contributed by atoms with E-state index in [9.17, 15) is 4.79 Å². The van der Waals surface area contributed by atoms with E-state index in [1.165, 1.54) is 22.4 Å². The molecule has 8 heteroatoms. The zero-order chi connectivity index (χ0) is 22.3. The fraction of sp³-hybridized carbons (Fsp3) is 0.125. The third kappa shape index (κ3) is 5.22. The van der Waals surface area contributed by atoms with E-state index in [0.29, 0.717) is 11.7 Å². The SMILES string of the molecule is CCOc1ccc(/C=N/N(C(=O)/C=C/c2cccs2)c2nc3ccc(OC)cc3s2)cc1. The molecule has 0 saturated heterocycles. The van der Waals surface area contributed by atoms with Crippen LogP contribution in [0.4, 0.5) is 5.13 Å². The Balaban J connectivity index is 1.65. The Morgan fingerprint density at radius 2 is 1.97 bits per heavy atom. The first-order valence-electron chi connectivity index (χ1n) is 9.93. The standard InChI is InChI=1S/C24H21N3O3S2/c1-3-30-18-8-6-17(7-9-18)16-25-27(23(28)13-11-20-5-4-14-31-20)24-26-21-12-10-19(29-2)15-22(21)32-24/h4-16H,3H2,1-2H3/b13-11+,25-16+. The molecule has 0 radical (unpaired) electrons. The molecule has 4 rings (SSSR count). The predicted molar refractivity (Wildman–Crippen MR) is 132 cm³/mol. The molecule has 32 heavy (non-hydrogen) atoms. The monoisotopic (exact) mass is 463 g/mol. The Morgan fingerprint density at radius 1 is 1.16 bits per heavy atom. The summed E-state index contributed by atoms with van der Waals surface area (Å²) < 4.78 is 11.7. The average molecular weight is 464 g/mol. The molecule has 0 atom stereocenters. The van der Waals surface area contributed by atoms with E-state index >= 15 is 0 Å². The lowest BCUT2D eigenvalue weighted by molar-refractivity contribution is -0.114. The fourth-order valence-corrected chi connectivity index (χ4v) is 4.44. The second-order valence-corrected chi connectivity index (χ2v) is 8.56. The molecule has 2 aromatic carbocycles. The molecule has 0 fully saturated rings. The maximum Gasteiger partial charge on any atom is 0.273 e. The van der Waals surface area contributed by atoms with Crippen LogP contribution >= 0.6 is 22.7 Å². The minimum absolute atomic E-state index is 0.286. The molecule has 0 bridgehead atoms. The maximum absolute atomic E-state index is 13.1. The van der Waals surface area contributed by atoms with Gasteiger partial charge in [-0.1, -0.05) is 17.4 Å². The number of thiophene rings is 1. The number of ether oxygens (including phenoxy) is 2. The Bertz CT molecular complexity index is 1250. The van der Waals surface area contributed by atoms with Crippen molar-refractivity contribution in [3.63, 3.8) is 0 Å². The van der Waals surface area contributed by atoms with E-state index in [4.69, 9.17) is 9.47 Å². The van der Waals surface area contributed by atoms with Gasteiger partial charge in [-0.2, -0.15) is 10.1 Å². The van der Waals surface area contributed by atoms with E-state index in [1.54, 1.807) is 30.7 Å². The van der Waals surface area contributed by atoms with E-state index in [1.807, 2.05) is 66.9 Å². The van der Waals surface area contributed by atoms with Gasteiger partial charge in [-0.3, -0.25) is 4.79 Å². The average Bonchev–Trinajstić information content (AvgIpc) is 3.48. The second kappa shape index (κ2) is 10.2. The van der Waals surface area contributed by atoms with Gasteiger partial charge in [0.15, 0.2) is 0 Å². The highest BCUT2D eigenvalue weighted by molar-refractivity contribution is 7.22. The van der Waals surface area contributed by atoms with Crippen LogP contribution in [0.25, 0.3) is 16.3 Å². The van der Waals surface area contributed by atoms with Crippen molar-refractivity contribution in [3.05, 3.63) is 76.5 Å². The largest absolute Gasteiger partial charge is 0.497 e. The van der Waals surface area contributed by atoms with Crippen LogP contribution in [0.5, 0.6) is 11.5 Å². The van der Waals surface area contributed by atoms with E-state index in [-0.39, 0.29) is 5.91 Å². The number of amides is 1. The molecule has 2 heterocycles. The number of hydrogen-bond donors (Lipinski definition) is 0. The fourth-order valence-electron chi connectivity index (χ4n) is 2.86. The quantitative estimate of drug-likeness (QED) is 0.187. The van der Waals surface area contributed by atoms with Crippen molar-refractivity contribution in [2.45, 2.75) is 6.92 Å². The first-order valence-corrected chi connectivity index (χ1v) is 11.6. The third-order valence-corrected chi connectivity index (χ3v) is 6.25. The summed E-state index contributed by atoms with van der Waals surface area (Å²) in [6.07, 6.45) is 4.93. The molecule has 0 N–H and O–H groups in total. The molecule has 0 spiro atoms. The molecule has 0 unspecified atom stereocenters. The molecule has 0 aliphatic heterocycles. The lowest BCUT2D eigenvalue weighted by atomic mass is 10.2. The van der Waals surface area contributed by atoms with Gasteiger partial charge in [0.25, 0.3) is 5.91 Å². The number of carbonyl (C=O) groups is 1. The number of anilines is 1. The van der Waals surface area contributed by atoms with Gasteiger partial charge in [-0.15, -0.1) is 11.3 Å². The van der Waals surface area contributed by atoms with E-state index in [2.05, 4.69) is 10.1 Å². The van der Waals surface area contributed by atoms with Crippen molar-refractivity contribution in [1.29, 1.82) is 0 Å². The van der Waals surface area contributed by atoms with Gasteiger partial charge in [0.1, 0.15) is 11.5 Å². The van der Waals surface area contributed by atoms with Crippen LogP contribution in [-0.2, 0) is 4.79 Å². The van der Waals surface area contributed by atoms with Crippen LogP contribution in [0.2, 0.25) is 0 Å². The normalized spacial score (nSPS) is 11.4. The van der Waals surface area contributed by atoms with E-state index < -0.39 is 0 Å². The number of benzene rings is 2. The number of aromatic nitrogens is 1. The van der Waals surface area contributed by atoms with Gasteiger partial charge in [0, 0.05) is 11.0 Å². The van der Waals surface area contributed by atoms with Crippen LogP contribution in [0.15, 0.2) is 71.2 Å². The summed E-state index contributed by atoms with van der Waals surface area (Å²) in [4.78, 5) is 18.6. The molecule has 0 aliphatic rings. The van der Waals surface area contributed by atoms with Gasteiger partial charge < -0.3 is 9.47 Å². The Labute approximate surface area is 194 Å². The first-order chi connectivity index (χ1) is 15.7. The summed E-state index contributed by atoms with van der Waals surface area (Å²) in [7, 11) is 1.62. The number of rotatable bonds is 8. The molecule has 0 aliphatic carbocycles. The lowest BCUT2D eigenvalue weighted by Crippen LogP contribution is -2.23. The van der Waals surface area contributed by atoms with Crippen molar-refractivity contribution in [3.8, 4) is 11.5 Å². The van der Waals surface area contributed by atoms with Crippen LogP contribution in [0.1, 0.15) is 17.4 Å². The third-order valence-electron chi connectivity index (χ3n) is 4.42. The van der Waals surface area contributed by atoms with Gasteiger partial charge in [0.05, 0.1) is 30.1 Å². The summed E-state index contributed by atoms with van der Waals surface area (Å²) >= 11 is 2.94. The van der Waals surface area contributed by atoms with Gasteiger partial charge in [-0.25, -0.2) is 4.98 Å². The van der Waals surface area contributed by atoms with Crippen molar-refractivity contribution in [1.82, 2.24) is 4.98 Å². The topological polar surface area (TPSA) is 64.0 Å². The van der Waals surface area contributed by atoms with Crippen LogP contribution in [-0.4, -0.2) is 30.8 Å². The summed E-state index contributed by atoms with van der Waals surface area (Å²) in [5, 5.41) is 8.23. The molecule has 6 nitrogen and oxygen atoms in total. The molecular formula is C24H21N3O3S2. The molecule has 4 aromatic rings. The number of nitrogens with zero attached hydrogens (tertiary/aromatic N) is 3. The molecule has 1 amide bonds.